The van der Waals surface area contributed by atoms with Crippen LogP contribution in [-0.4, -0.2) is 27.4 Å². The van der Waals surface area contributed by atoms with E-state index in [2.05, 4.69) is 49.7 Å². The van der Waals surface area contributed by atoms with Gasteiger partial charge in [0.15, 0.2) is 0 Å². The third-order valence-electron chi connectivity index (χ3n) is 4.07. The molecule has 3 nitrogen and oxygen atoms in total. The third kappa shape index (κ3) is 3.00. The Morgan fingerprint density at radius 1 is 1.26 bits per heavy atom. The van der Waals surface area contributed by atoms with Crippen molar-refractivity contribution >= 4 is 21.6 Å². The highest BCUT2D eigenvalue weighted by atomic mass is 79.9. The van der Waals surface area contributed by atoms with Crippen LogP contribution in [0, 0.1) is 0 Å². The second-order valence-corrected chi connectivity index (χ2v) is 6.47. The molecule has 0 N–H and O–H groups in total. The molecule has 1 aliphatic carbocycles. The predicted octanol–water partition coefficient (Wildman–Crippen LogP) is 3.86. The Hall–Kier alpha value is -0.870. The molecule has 0 aliphatic heterocycles. The molecule has 0 saturated heterocycles. The van der Waals surface area contributed by atoms with Gasteiger partial charge in [0.2, 0.25) is 0 Å². The summed E-state index contributed by atoms with van der Waals surface area (Å²) in [5.41, 5.74) is 2.18. The van der Waals surface area contributed by atoms with Crippen LogP contribution in [0.4, 0.5) is 0 Å². The predicted molar refractivity (Wildman–Crippen MR) is 81.2 cm³/mol. The number of fused-ring (bicyclic) bond motifs is 1. The number of rotatable bonds is 3. The molecule has 1 fully saturated rings. The fourth-order valence-electron chi connectivity index (χ4n) is 3.00. The first-order valence-electron chi connectivity index (χ1n) is 7.06. The van der Waals surface area contributed by atoms with Crippen LogP contribution in [0.2, 0.25) is 0 Å². The van der Waals surface area contributed by atoms with Crippen molar-refractivity contribution in [1.29, 1.82) is 0 Å². The van der Waals surface area contributed by atoms with Crippen molar-refractivity contribution in [2.75, 3.05) is 7.05 Å². The van der Waals surface area contributed by atoms with Crippen LogP contribution >= 0.6 is 15.9 Å². The van der Waals surface area contributed by atoms with Crippen LogP contribution in [-0.2, 0) is 6.54 Å². The van der Waals surface area contributed by atoms with Gasteiger partial charge in [-0.25, -0.2) is 4.98 Å². The maximum Gasteiger partial charge on any atom is 0.137 e. The summed E-state index contributed by atoms with van der Waals surface area (Å²) in [6, 6.07) is 4.83. The smallest absolute Gasteiger partial charge is 0.137 e. The van der Waals surface area contributed by atoms with Gasteiger partial charge in [0.25, 0.3) is 0 Å². The third-order valence-corrected chi connectivity index (χ3v) is 4.54. The van der Waals surface area contributed by atoms with Gasteiger partial charge in [0.1, 0.15) is 5.65 Å². The molecule has 0 aromatic carbocycles. The maximum absolute atomic E-state index is 4.69. The van der Waals surface area contributed by atoms with Crippen molar-refractivity contribution in [3.05, 3.63) is 34.7 Å². The lowest BCUT2D eigenvalue weighted by Gasteiger charge is -2.30. The van der Waals surface area contributed by atoms with Gasteiger partial charge in [-0.2, -0.15) is 0 Å². The van der Waals surface area contributed by atoms with Crippen molar-refractivity contribution in [2.45, 2.75) is 44.7 Å². The summed E-state index contributed by atoms with van der Waals surface area (Å²) in [6.07, 6.45) is 11.1. The van der Waals surface area contributed by atoms with Crippen molar-refractivity contribution in [1.82, 2.24) is 14.3 Å². The molecule has 2 aromatic heterocycles. The summed E-state index contributed by atoms with van der Waals surface area (Å²) < 4.78 is 3.18. The summed E-state index contributed by atoms with van der Waals surface area (Å²) in [7, 11) is 2.23. The van der Waals surface area contributed by atoms with Gasteiger partial charge in [0, 0.05) is 29.5 Å². The van der Waals surface area contributed by atoms with E-state index >= 15 is 0 Å². The number of pyridine rings is 1. The van der Waals surface area contributed by atoms with Gasteiger partial charge in [0.05, 0.1) is 5.69 Å². The van der Waals surface area contributed by atoms with Crippen LogP contribution in [0.1, 0.15) is 37.8 Å². The highest BCUT2D eigenvalue weighted by Gasteiger charge is 2.18. The molecule has 0 spiro atoms. The minimum atomic E-state index is 0.741. The van der Waals surface area contributed by atoms with Crippen LogP contribution in [0.15, 0.2) is 29.0 Å². The van der Waals surface area contributed by atoms with Crippen molar-refractivity contribution in [3.8, 4) is 0 Å². The van der Waals surface area contributed by atoms with Crippen LogP contribution in [0.3, 0.4) is 0 Å². The molecule has 0 atom stereocenters. The van der Waals surface area contributed by atoms with E-state index in [1.54, 1.807) is 0 Å². The van der Waals surface area contributed by atoms with Crippen molar-refractivity contribution in [3.63, 3.8) is 0 Å². The second kappa shape index (κ2) is 5.63. The quantitative estimate of drug-likeness (QED) is 0.855. The second-order valence-electron chi connectivity index (χ2n) is 5.55. The average Bonchev–Trinajstić information content (AvgIpc) is 2.81. The van der Waals surface area contributed by atoms with E-state index in [0.717, 1.165) is 28.4 Å². The normalized spacial score (nSPS) is 17.4. The number of aromatic nitrogens is 2. The minimum absolute atomic E-state index is 0.741. The first-order chi connectivity index (χ1) is 9.22. The molecule has 2 aromatic rings. The highest BCUT2D eigenvalue weighted by molar-refractivity contribution is 9.10. The zero-order chi connectivity index (χ0) is 13.2. The zero-order valence-electron chi connectivity index (χ0n) is 11.3. The Balaban J connectivity index is 1.73. The van der Waals surface area contributed by atoms with E-state index in [1.807, 2.05) is 12.1 Å². The molecule has 0 bridgehead atoms. The van der Waals surface area contributed by atoms with E-state index in [4.69, 9.17) is 0 Å². The standard InChI is InChI=1S/C15H20BrN3/c1-18(14-5-3-2-4-6-14)10-13-11-19-9-12(16)7-8-15(19)17-13/h7-9,11,14H,2-6,10H2,1H3. The number of imidazole rings is 1. The Labute approximate surface area is 122 Å². The largest absolute Gasteiger partial charge is 0.306 e. The average molecular weight is 322 g/mol. The Morgan fingerprint density at radius 3 is 2.84 bits per heavy atom. The van der Waals surface area contributed by atoms with E-state index in [-0.39, 0.29) is 0 Å². The van der Waals surface area contributed by atoms with Gasteiger partial charge < -0.3 is 4.40 Å². The molecule has 4 heteroatoms. The van der Waals surface area contributed by atoms with E-state index in [0.29, 0.717) is 0 Å². The lowest BCUT2D eigenvalue weighted by atomic mass is 9.94. The minimum Gasteiger partial charge on any atom is -0.306 e. The van der Waals surface area contributed by atoms with E-state index in [9.17, 15) is 0 Å². The number of halogens is 1. The maximum atomic E-state index is 4.69. The summed E-state index contributed by atoms with van der Waals surface area (Å²) in [5, 5.41) is 0. The van der Waals surface area contributed by atoms with Crippen LogP contribution in [0.25, 0.3) is 5.65 Å². The highest BCUT2D eigenvalue weighted by Crippen LogP contribution is 2.23. The summed E-state index contributed by atoms with van der Waals surface area (Å²) in [5.74, 6) is 0. The first-order valence-corrected chi connectivity index (χ1v) is 7.85. The fraction of sp³-hybridized carbons (Fsp3) is 0.533. The molecule has 3 rings (SSSR count). The SMILES string of the molecule is CN(Cc1cn2cc(Br)ccc2n1)C1CCCCC1. The van der Waals surface area contributed by atoms with Gasteiger partial charge in [-0.05, 0) is 48.0 Å². The lowest BCUT2D eigenvalue weighted by Crippen LogP contribution is -2.32. The first kappa shape index (κ1) is 13.1. The topological polar surface area (TPSA) is 20.5 Å². The summed E-state index contributed by atoms with van der Waals surface area (Å²) in [6.45, 7) is 0.948. The van der Waals surface area contributed by atoms with E-state index < -0.39 is 0 Å². The molecule has 1 saturated carbocycles. The molecular weight excluding hydrogens is 302 g/mol. The van der Waals surface area contributed by atoms with E-state index in [1.165, 1.54) is 32.1 Å². The molecule has 0 amide bonds. The molecule has 19 heavy (non-hydrogen) atoms. The fourth-order valence-corrected chi connectivity index (χ4v) is 3.35. The van der Waals surface area contributed by atoms with Gasteiger partial charge in [-0.15, -0.1) is 0 Å². The monoisotopic (exact) mass is 321 g/mol. The Kier molecular flexibility index (Phi) is 3.89. The van der Waals surface area contributed by atoms with Crippen LogP contribution in [0.5, 0.6) is 0 Å². The molecule has 0 radical (unpaired) electrons. The Bertz CT molecular complexity index is 558. The molecule has 2 heterocycles. The van der Waals surface area contributed by atoms with Gasteiger partial charge in [-0.1, -0.05) is 19.3 Å². The van der Waals surface area contributed by atoms with Crippen molar-refractivity contribution < 1.29 is 0 Å². The lowest BCUT2D eigenvalue weighted by molar-refractivity contribution is 0.183. The van der Waals surface area contributed by atoms with Gasteiger partial charge >= 0.3 is 0 Å². The summed E-state index contributed by atoms with van der Waals surface area (Å²) >= 11 is 3.50. The van der Waals surface area contributed by atoms with Crippen molar-refractivity contribution in [2.24, 2.45) is 0 Å². The Morgan fingerprint density at radius 2 is 2.05 bits per heavy atom. The number of nitrogens with zero attached hydrogens (tertiary/aromatic N) is 3. The zero-order valence-corrected chi connectivity index (χ0v) is 12.9. The molecule has 1 aliphatic rings. The molecular formula is C15H20BrN3. The summed E-state index contributed by atoms with van der Waals surface area (Å²) in [4.78, 5) is 7.16. The van der Waals surface area contributed by atoms with Crippen LogP contribution < -0.4 is 0 Å². The number of hydrogen-bond acceptors (Lipinski definition) is 2. The molecule has 102 valence electrons. The number of hydrogen-bond donors (Lipinski definition) is 0. The molecule has 0 unspecified atom stereocenters. The van der Waals surface area contributed by atoms with Gasteiger partial charge in [-0.3, -0.25) is 4.90 Å².